The highest BCUT2D eigenvalue weighted by molar-refractivity contribution is 9.11. The minimum absolute atomic E-state index is 0.0920. The van der Waals surface area contributed by atoms with Crippen LogP contribution in [0.3, 0.4) is 0 Å². The Morgan fingerprint density at radius 2 is 1.88 bits per heavy atom. The van der Waals surface area contributed by atoms with Crippen molar-refractivity contribution in [2.75, 3.05) is 0 Å². The molecule has 0 fully saturated rings. The fourth-order valence-electron chi connectivity index (χ4n) is 1.72. The van der Waals surface area contributed by atoms with Crippen molar-refractivity contribution in [1.82, 2.24) is 0 Å². The molecule has 0 saturated heterocycles. The number of hydrogen-bond acceptors (Lipinski definition) is 1. The summed E-state index contributed by atoms with van der Waals surface area (Å²) in [6.45, 7) is 3.94. The maximum absolute atomic E-state index is 13.9. The van der Waals surface area contributed by atoms with Gasteiger partial charge in [-0.25, -0.2) is 4.39 Å². The van der Waals surface area contributed by atoms with E-state index >= 15 is 0 Å². The van der Waals surface area contributed by atoms with Crippen LogP contribution < -0.4 is 0 Å². The van der Waals surface area contributed by atoms with Crippen molar-refractivity contribution in [3.8, 4) is 0 Å². The van der Waals surface area contributed by atoms with Crippen LogP contribution >= 0.6 is 43.2 Å². The molecule has 1 aromatic carbocycles. The van der Waals surface area contributed by atoms with Gasteiger partial charge in [0.25, 0.3) is 0 Å². The van der Waals surface area contributed by atoms with Crippen LogP contribution in [0.4, 0.5) is 4.39 Å². The molecule has 1 atom stereocenters. The predicted octanol–water partition coefficient (Wildman–Crippen LogP) is 5.75. The van der Waals surface area contributed by atoms with Crippen LogP contribution in [-0.2, 0) is 0 Å². The van der Waals surface area contributed by atoms with Crippen molar-refractivity contribution in [3.05, 3.63) is 55.4 Å². The summed E-state index contributed by atoms with van der Waals surface area (Å²) < 4.78 is 15.0. The first-order valence-electron chi connectivity index (χ1n) is 5.15. The lowest BCUT2D eigenvalue weighted by atomic mass is 10.0. The Kier molecular flexibility index (Phi) is 4.06. The van der Waals surface area contributed by atoms with E-state index in [0.717, 1.165) is 14.9 Å². The number of thiophene rings is 1. The number of halogens is 3. The summed E-state index contributed by atoms with van der Waals surface area (Å²) >= 11 is 8.70. The van der Waals surface area contributed by atoms with Crippen LogP contribution in [0.25, 0.3) is 0 Å². The van der Waals surface area contributed by atoms with Gasteiger partial charge in [-0.3, -0.25) is 0 Å². The molecule has 0 spiro atoms. The lowest BCUT2D eigenvalue weighted by Crippen LogP contribution is -1.97. The zero-order valence-electron chi connectivity index (χ0n) is 9.43. The minimum Gasteiger partial charge on any atom is -0.207 e. The van der Waals surface area contributed by atoms with Crippen LogP contribution in [0.5, 0.6) is 0 Å². The lowest BCUT2D eigenvalue weighted by Gasteiger charge is -2.11. The summed E-state index contributed by atoms with van der Waals surface area (Å²) in [5.74, 6) is -0.159. The van der Waals surface area contributed by atoms with Crippen LogP contribution in [-0.4, -0.2) is 0 Å². The monoisotopic (exact) mass is 376 g/mol. The number of aryl methyl sites for hydroxylation is 2. The standard InChI is InChI=1S/C13H11Br2FS/c1-7-3-4-9(11(16)5-7)13(15)10-6-12(14)17-8(10)2/h3-6,13H,1-2H3. The van der Waals surface area contributed by atoms with Crippen molar-refractivity contribution in [1.29, 1.82) is 0 Å². The summed E-state index contributed by atoms with van der Waals surface area (Å²) in [5, 5.41) is 0. The quantitative estimate of drug-likeness (QED) is 0.584. The molecule has 2 aromatic rings. The van der Waals surface area contributed by atoms with Gasteiger partial charge in [-0.2, -0.15) is 0 Å². The SMILES string of the molecule is Cc1ccc(C(Br)c2cc(Br)sc2C)c(F)c1. The van der Waals surface area contributed by atoms with Crippen molar-refractivity contribution in [3.63, 3.8) is 0 Å². The lowest BCUT2D eigenvalue weighted by molar-refractivity contribution is 0.612. The second-order valence-electron chi connectivity index (χ2n) is 3.95. The third-order valence-corrected chi connectivity index (χ3v) is 5.18. The van der Waals surface area contributed by atoms with E-state index in [2.05, 4.69) is 31.9 Å². The van der Waals surface area contributed by atoms with Crippen LogP contribution in [0, 0.1) is 19.7 Å². The zero-order valence-corrected chi connectivity index (χ0v) is 13.4. The summed E-state index contributed by atoms with van der Waals surface area (Å²) in [6.07, 6.45) is 0. The van der Waals surface area contributed by atoms with Crippen molar-refractivity contribution >= 4 is 43.2 Å². The molecule has 1 aromatic heterocycles. The van der Waals surface area contributed by atoms with Gasteiger partial charge < -0.3 is 0 Å². The first kappa shape index (κ1) is 13.2. The molecular weight excluding hydrogens is 367 g/mol. The molecule has 0 aliphatic carbocycles. The summed E-state index contributed by atoms with van der Waals surface area (Å²) in [7, 11) is 0. The molecule has 0 saturated carbocycles. The Morgan fingerprint density at radius 3 is 2.41 bits per heavy atom. The van der Waals surface area contributed by atoms with Gasteiger partial charge in [0.05, 0.1) is 8.61 Å². The van der Waals surface area contributed by atoms with E-state index in [1.54, 1.807) is 17.4 Å². The van der Waals surface area contributed by atoms with E-state index < -0.39 is 0 Å². The molecule has 1 unspecified atom stereocenters. The Balaban J connectivity index is 2.43. The Hall–Kier alpha value is -0.190. The van der Waals surface area contributed by atoms with Crippen molar-refractivity contribution < 1.29 is 4.39 Å². The average molecular weight is 378 g/mol. The zero-order chi connectivity index (χ0) is 12.6. The number of benzene rings is 1. The van der Waals surface area contributed by atoms with Gasteiger partial charge in [-0.1, -0.05) is 28.1 Å². The first-order valence-corrected chi connectivity index (χ1v) is 7.67. The molecule has 0 aliphatic rings. The average Bonchev–Trinajstić information content (AvgIpc) is 2.57. The van der Waals surface area contributed by atoms with Gasteiger partial charge in [0.1, 0.15) is 5.82 Å². The third kappa shape index (κ3) is 2.80. The van der Waals surface area contributed by atoms with Gasteiger partial charge in [0.2, 0.25) is 0 Å². The second-order valence-corrected chi connectivity index (χ2v) is 7.50. The maximum Gasteiger partial charge on any atom is 0.128 e. The number of hydrogen-bond donors (Lipinski definition) is 0. The van der Waals surface area contributed by atoms with Crippen molar-refractivity contribution in [2.24, 2.45) is 0 Å². The molecule has 4 heteroatoms. The van der Waals surface area contributed by atoms with Crippen LogP contribution in [0.1, 0.15) is 26.4 Å². The maximum atomic E-state index is 13.9. The van der Waals surface area contributed by atoms with Crippen LogP contribution in [0.2, 0.25) is 0 Å². The third-order valence-electron chi connectivity index (χ3n) is 2.63. The molecule has 0 amide bonds. The topological polar surface area (TPSA) is 0 Å². The van der Waals surface area contributed by atoms with E-state index in [9.17, 15) is 4.39 Å². The minimum atomic E-state index is -0.159. The molecule has 90 valence electrons. The molecule has 17 heavy (non-hydrogen) atoms. The molecule has 2 rings (SSSR count). The highest BCUT2D eigenvalue weighted by atomic mass is 79.9. The van der Waals surface area contributed by atoms with Gasteiger partial charge in [0.15, 0.2) is 0 Å². The van der Waals surface area contributed by atoms with Crippen molar-refractivity contribution in [2.45, 2.75) is 18.7 Å². The van der Waals surface area contributed by atoms with Gasteiger partial charge >= 0.3 is 0 Å². The number of alkyl halides is 1. The summed E-state index contributed by atoms with van der Waals surface area (Å²) in [4.78, 5) is 1.10. The molecule has 0 N–H and O–H groups in total. The molecule has 0 nitrogen and oxygen atoms in total. The van der Waals surface area contributed by atoms with E-state index in [-0.39, 0.29) is 10.6 Å². The molecular formula is C13H11Br2FS. The van der Waals surface area contributed by atoms with E-state index in [4.69, 9.17) is 0 Å². The van der Waals surface area contributed by atoms with E-state index in [0.29, 0.717) is 5.56 Å². The smallest absolute Gasteiger partial charge is 0.128 e. The van der Waals surface area contributed by atoms with Crippen LogP contribution in [0.15, 0.2) is 28.1 Å². The molecule has 0 radical (unpaired) electrons. The van der Waals surface area contributed by atoms with Gasteiger partial charge in [-0.05, 0) is 53.0 Å². The predicted molar refractivity (Wildman–Crippen MR) is 78.7 cm³/mol. The Morgan fingerprint density at radius 1 is 1.18 bits per heavy atom. The summed E-state index contributed by atoms with van der Waals surface area (Å²) in [6, 6.07) is 7.39. The second kappa shape index (κ2) is 5.21. The largest absolute Gasteiger partial charge is 0.207 e. The molecule has 1 heterocycles. The van der Waals surface area contributed by atoms with E-state index in [1.807, 2.05) is 32.0 Å². The summed E-state index contributed by atoms with van der Waals surface area (Å²) in [5.41, 5.74) is 2.74. The first-order chi connectivity index (χ1) is 7.99. The fourth-order valence-corrected chi connectivity index (χ4v) is 4.46. The van der Waals surface area contributed by atoms with Gasteiger partial charge in [0, 0.05) is 10.4 Å². The molecule has 0 aliphatic heterocycles. The van der Waals surface area contributed by atoms with E-state index in [1.165, 1.54) is 4.88 Å². The normalized spacial score (nSPS) is 12.8. The number of rotatable bonds is 2. The van der Waals surface area contributed by atoms with Gasteiger partial charge in [-0.15, -0.1) is 11.3 Å². The highest BCUT2D eigenvalue weighted by Crippen LogP contribution is 2.39. The fraction of sp³-hybridized carbons (Fsp3) is 0.231. The Labute approximate surface area is 121 Å². The highest BCUT2D eigenvalue weighted by Gasteiger charge is 2.18. The molecule has 0 bridgehead atoms. The Bertz CT molecular complexity index is 548.